The van der Waals surface area contributed by atoms with Gasteiger partial charge in [-0.1, -0.05) is 41.2 Å². The van der Waals surface area contributed by atoms with Gasteiger partial charge >= 0.3 is 6.09 Å². The number of hydrogen-bond donors (Lipinski definition) is 1. The number of aromatic nitrogens is 3. The van der Waals surface area contributed by atoms with Crippen LogP contribution in [0, 0.1) is 13.8 Å². The number of benzene rings is 1. The van der Waals surface area contributed by atoms with Crippen molar-refractivity contribution in [2.24, 2.45) is 0 Å². The van der Waals surface area contributed by atoms with E-state index in [-0.39, 0.29) is 18.0 Å². The number of carbonyl (C=O) groups is 1. The highest BCUT2D eigenvalue weighted by atomic mass is 32.1. The molecule has 29 heavy (non-hydrogen) atoms. The molecule has 154 valence electrons. The lowest BCUT2D eigenvalue weighted by atomic mass is 10.0. The van der Waals surface area contributed by atoms with Gasteiger partial charge in [0.1, 0.15) is 5.82 Å². The Balaban J connectivity index is 1.67. The van der Waals surface area contributed by atoms with Crippen molar-refractivity contribution in [1.29, 1.82) is 0 Å². The lowest BCUT2D eigenvalue weighted by Gasteiger charge is -2.38. The van der Waals surface area contributed by atoms with Crippen LogP contribution in [0.5, 0.6) is 5.88 Å². The Bertz CT molecular complexity index is 1020. The van der Waals surface area contributed by atoms with Gasteiger partial charge in [-0.25, -0.2) is 9.78 Å². The topological polar surface area (TPSA) is 83.2 Å². The molecule has 1 aromatic carbocycles. The molecule has 1 amide bonds. The number of nitrogens with zero attached hydrogens (tertiary/aromatic N) is 5. The van der Waals surface area contributed by atoms with Gasteiger partial charge < -0.3 is 14.7 Å². The summed E-state index contributed by atoms with van der Waals surface area (Å²) in [4.78, 5) is 22.0. The van der Waals surface area contributed by atoms with Gasteiger partial charge in [-0.15, -0.1) is 5.10 Å². The fourth-order valence-corrected chi connectivity index (χ4v) is 4.93. The third-order valence-corrected chi connectivity index (χ3v) is 6.19. The number of fused-ring (bicyclic) bond motifs is 1. The summed E-state index contributed by atoms with van der Waals surface area (Å²) in [5.74, 6) is 0.762. The number of carbonyl (C=O) groups excluding carboxylic acids is 1. The highest BCUT2D eigenvalue weighted by Crippen LogP contribution is 2.40. The molecule has 1 saturated heterocycles. The Morgan fingerprint density at radius 3 is 2.69 bits per heavy atom. The summed E-state index contributed by atoms with van der Waals surface area (Å²) in [6.45, 7) is 8.60. The Morgan fingerprint density at radius 2 is 2.03 bits per heavy atom. The van der Waals surface area contributed by atoms with Gasteiger partial charge in [-0.3, -0.25) is 4.90 Å². The van der Waals surface area contributed by atoms with E-state index in [1.165, 1.54) is 15.9 Å². The zero-order valence-electron chi connectivity index (χ0n) is 16.8. The number of rotatable bonds is 4. The van der Waals surface area contributed by atoms with Crippen molar-refractivity contribution in [1.82, 2.24) is 24.4 Å². The average Bonchev–Trinajstić information content (AvgIpc) is 3.20. The van der Waals surface area contributed by atoms with Crippen molar-refractivity contribution >= 4 is 22.4 Å². The molecule has 3 aromatic rings. The van der Waals surface area contributed by atoms with Crippen LogP contribution in [0.2, 0.25) is 0 Å². The van der Waals surface area contributed by atoms with Crippen LogP contribution in [0.4, 0.5) is 4.79 Å². The first-order valence-corrected chi connectivity index (χ1v) is 10.6. The third kappa shape index (κ3) is 3.79. The van der Waals surface area contributed by atoms with E-state index in [1.807, 2.05) is 19.9 Å². The first kappa shape index (κ1) is 19.7. The van der Waals surface area contributed by atoms with E-state index in [0.29, 0.717) is 43.6 Å². The molecule has 0 saturated carbocycles. The number of amides is 1. The van der Waals surface area contributed by atoms with Crippen LogP contribution >= 0.6 is 11.3 Å². The number of thiazole rings is 1. The standard InChI is InChI=1S/C20H25N5O3S/c1-4-28-20(27)24-10-8-23(9-11-24)16(15-7-5-6-13(2)12-15)17-18(26)25-19(29-17)21-14(3)22-25/h5-7,12,16,26H,4,8-11H2,1-3H3/t16-/m0/s1. The minimum absolute atomic E-state index is 0.130. The second kappa shape index (κ2) is 8.00. The van der Waals surface area contributed by atoms with Crippen molar-refractivity contribution in [2.75, 3.05) is 32.8 Å². The predicted molar refractivity (Wildman–Crippen MR) is 110 cm³/mol. The van der Waals surface area contributed by atoms with Gasteiger partial charge in [-0.05, 0) is 26.3 Å². The van der Waals surface area contributed by atoms with Crippen molar-refractivity contribution in [3.05, 3.63) is 46.1 Å². The van der Waals surface area contributed by atoms with Crippen molar-refractivity contribution in [3.63, 3.8) is 0 Å². The average molecular weight is 416 g/mol. The molecule has 1 fully saturated rings. The Kier molecular flexibility index (Phi) is 5.42. The highest BCUT2D eigenvalue weighted by molar-refractivity contribution is 7.17. The maximum atomic E-state index is 12.1. The quantitative estimate of drug-likeness (QED) is 0.705. The van der Waals surface area contributed by atoms with Gasteiger partial charge in [0.25, 0.3) is 0 Å². The fourth-order valence-electron chi connectivity index (χ4n) is 3.77. The Morgan fingerprint density at radius 1 is 1.28 bits per heavy atom. The number of aryl methyl sites for hydroxylation is 2. The molecule has 1 aliphatic heterocycles. The van der Waals surface area contributed by atoms with Crippen LogP contribution in [0.1, 0.15) is 34.8 Å². The number of hydrogen-bond acceptors (Lipinski definition) is 7. The van der Waals surface area contributed by atoms with Crippen molar-refractivity contribution in [2.45, 2.75) is 26.8 Å². The SMILES string of the molecule is CCOC(=O)N1CCN([C@@H](c2cccc(C)c2)c2sc3nc(C)nn3c2O)CC1. The van der Waals surface area contributed by atoms with Crippen LogP contribution in [-0.4, -0.2) is 68.4 Å². The Labute approximate surface area is 173 Å². The van der Waals surface area contributed by atoms with Crippen LogP contribution in [0.3, 0.4) is 0 Å². The molecule has 0 spiro atoms. The molecule has 4 rings (SSSR count). The number of aromatic hydroxyl groups is 1. The fraction of sp³-hybridized carbons (Fsp3) is 0.450. The van der Waals surface area contributed by atoms with E-state index in [1.54, 1.807) is 4.90 Å². The zero-order valence-corrected chi connectivity index (χ0v) is 17.6. The van der Waals surface area contributed by atoms with Crippen LogP contribution in [-0.2, 0) is 4.74 Å². The lowest BCUT2D eigenvalue weighted by Crippen LogP contribution is -2.49. The molecule has 1 atom stereocenters. The van der Waals surface area contributed by atoms with Gasteiger partial charge in [0, 0.05) is 26.2 Å². The molecule has 0 unspecified atom stereocenters. The van der Waals surface area contributed by atoms with E-state index < -0.39 is 0 Å². The summed E-state index contributed by atoms with van der Waals surface area (Å²) in [7, 11) is 0. The summed E-state index contributed by atoms with van der Waals surface area (Å²) in [6.07, 6.45) is -0.267. The third-order valence-electron chi connectivity index (χ3n) is 5.12. The molecule has 2 aromatic heterocycles. The summed E-state index contributed by atoms with van der Waals surface area (Å²) in [5.41, 5.74) is 2.26. The van der Waals surface area contributed by atoms with E-state index >= 15 is 0 Å². The zero-order chi connectivity index (χ0) is 20.5. The maximum absolute atomic E-state index is 12.1. The predicted octanol–water partition coefficient (Wildman–Crippen LogP) is 2.98. The molecule has 9 heteroatoms. The molecule has 1 N–H and O–H groups in total. The van der Waals surface area contributed by atoms with E-state index in [9.17, 15) is 9.90 Å². The molecule has 1 aliphatic rings. The minimum atomic E-state index is -0.267. The van der Waals surface area contributed by atoms with Crippen LogP contribution in [0.15, 0.2) is 24.3 Å². The monoisotopic (exact) mass is 415 g/mol. The van der Waals surface area contributed by atoms with Crippen molar-refractivity contribution in [3.8, 4) is 5.88 Å². The normalized spacial score (nSPS) is 16.3. The molecule has 0 aliphatic carbocycles. The minimum Gasteiger partial charge on any atom is -0.492 e. The molecular weight excluding hydrogens is 390 g/mol. The second-order valence-electron chi connectivity index (χ2n) is 7.18. The summed E-state index contributed by atoms with van der Waals surface area (Å²) in [5, 5.41) is 15.2. The maximum Gasteiger partial charge on any atom is 0.409 e. The Hall–Kier alpha value is -2.65. The highest BCUT2D eigenvalue weighted by Gasteiger charge is 2.32. The number of ether oxygens (including phenoxy) is 1. The largest absolute Gasteiger partial charge is 0.492 e. The smallest absolute Gasteiger partial charge is 0.409 e. The van der Waals surface area contributed by atoms with Crippen molar-refractivity contribution < 1.29 is 14.6 Å². The first-order chi connectivity index (χ1) is 14.0. The first-order valence-electron chi connectivity index (χ1n) is 9.75. The van der Waals surface area contributed by atoms with E-state index in [4.69, 9.17) is 4.74 Å². The van der Waals surface area contributed by atoms with Gasteiger partial charge in [-0.2, -0.15) is 4.52 Å². The van der Waals surface area contributed by atoms with E-state index in [2.05, 4.69) is 40.1 Å². The molecular formula is C20H25N5O3S. The summed E-state index contributed by atoms with van der Waals surface area (Å²) < 4.78 is 6.64. The summed E-state index contributed by atoms with van der Waals surface area (Å²) in [6, 6.07) is 8.18. The summed E-state index contributed by atoms with van der Waals surface area (Å²) >= 11 is 1.45. The number of piperazine rings is 1. The van der Waals surface area contributed by atoms with Gasteiger partial charge in [0.2, 0.25) is 10.8 Å². The second-order valence-corrected chi connectivity index (χ2v) is 8.19. The van der Waals surface area contributed by atoms with E-state index in [0.717, 1.165) is 16.0 Å². The molecule has 8 nitrogen and oxygen atoms in total. The van der Waals surface area contributed by atoms with Crippen LogP contribution in [0.25, 0.3) is 4.96 Å². The molecule has 3 heterocycles. The molecule has 0 bridgehead atoms. The van der Waals surface area contributed by atoms with Gasteiger partial charge in [0.15, 0.2) is 0 Å². The molecule has 0 radical (unpaired) electrons. The van der Waals surface area contributed by atoms with Gasteiger partial charge in [0.05, 0.1) is 17.5 Å². The van der Waals surface area contributed by atoms with Crippen LogP contribution < -0.4 is 0 Å². The lowest BCUT2D eigenvalue weighted by molar-refractivity contribution is 0.0715.